The van der Waals surface area contributed by atoms with Gasteiger partial charge in [0.2, 0.25) is 11.8 Å². The van der Waals surface area contributed by atoms with Gasteiger partial charge in [0.15, 0.2) is 0 Å². The standard InChI is InChI=1S/C27H29FN4O4/c28-21-12-29-10-9-19(21)17-13-31(14-17)22-3-1-2-4-24(22)36-18-5-6-20-16(11-18)15-32(27(20)35)23-7-8-25(33)30-26(23)34/h5-6,9-12,17,22-24H,1-4,7-8,13-15H2,(H,30,33,34)/t22-,23?,24+/m0/s1. The summed E-state index contributed by atoms with van der Waals surface area (Å²) < 4.78 is 20.6. The molecule has 2 aromatic rings. The summed E-state index contributed by atoms with van der Waals surface area (Å²) in [6.07, 6.45) is 7.79. The molecule has 188 valence electrons. The molecule has 1 unspecified atom stereocenters. The van der Waals surface area contributed by atoms with Gasteiger partial charge in [0.25, 0.3) is 5.91 Å². The van der Waals surface area contributed by atoms with E-state index < -0.39 is 11.9 Å². The molecule has 1 aromatic heterocycles. The number of nitrogens with zero attached hydrogens (tertiary/aromatic N) is 3. The molecule has 1 N–H and O–H groups in total. The van der Waals surface area contributed by atoms with Gasteiger partial charge in [-0.15, -0.1) is 0 Å². The summed E-state index contributed by atoms with van der Waals surface area (Å²) in [4.78, 5) is 44.6. The number of benzene rings is 1. The molecule has 1 saturated carbocycles. The molecule has 0 bridgehead atoms. The first kappa shape index (κ1) is 23.1. The summed E-state index contributed by atoms with van der Waals surface area (Å²) in [6, 6.07) is 6.95. The number of aromatic nitrogens is 1. The van der Waals surface area contributed by atoms with Gasteiger partial charge in [-0.05, 0) is 61.1 Å². The molecule has 3 amide bonds. The van der Waals surface area contributed by atoms with E-state index in [1.165, 1.54) is 6.20 Å². The molecular weight excluding hydrogens is 463 g/mol. The van der Waals surface area contributed by atoms with Gasteiger partial charge in [0.05, 0.1) is 6.20 Å². The van der Waals surface area contributed by atoms with Gasteiger partial charge in [0.1, 0.15) is 23.7 Å². The number of hydrogen-bond acceptors (Lipinski definition) is 6. The van der Waals surface area contributed by atoms with Crippen LogP contribution in [-0.4, -0.2) is 63.8 Å². The van der Waals surface area contributed by atoms with Crippen LogP contribution < -0.4 is 10.1 Å². The van der Waals surface area contributed by atoms with Crippen LogP contribution in [-0.2, 0) is 16.1 Å². The molecule has 0 radical (unpaired) electrons. The lowest BCUT2D eigenvalue weighted by Crippen LogP contribution is -2.57. The monoisotopic (exact) mass is 492 g/mol. The van der Waals surface area contributed by atoms with Crippen LogP contribution in [0.2, 0.25) is 0 Å². The van der Waals surface area contributed by atoms with Gasteiger partial charge >= 0.3 is 0 Å². The first-order valence-corrected chi connectivity index (χ1v) is 12.8. The SMILES string of the molecule is O=C1CCC(N2Cc3cc(O[C@@H]4CCCC[C@@H]4N4CC(c5ccncc5F)C4)ccc3C2=O)C(=O)N1. The van der Waals surface area contributed by atoms with Crippen molar-refractivity contribution in [2.24, 2.45) is 0 Å². The van der Waals surface area contributed by atoms with Crippen LogP contribution in [0.3, 0.4) is 0 Å². The first-order chi connectivity index (χ1) is 17.5. The summed E-state index contributed by atoms with van der Waals surface area (Å²) in [6.45, 7) is 1.95. The maximum Gasteiger partial charge on any atom is 0.255 e. The summed E-state index contributed by atoms with van der Waals surface area (Å²) >= 11 is 0. The van der Waals surface area contributed by atoms with Crippen molar-refractivity contribution in [3.8, 4) is 5.75 Å². The van der Waals surface area contributed by atoms with Crippen LogP contribution in [0.1, 0.15) is 65.9 Å². The van der Waals surface area contributed by atoms with Crippen molar-refractivity contribution in [2.75, 3.05) is 13.1 Å². The zero-order valence-corrected chi connectivity index (χ0v) is 20.0. The van der Waals surface area contributed by atoms with Gasteiger partial charge in [0, 0.05) is 49.8 Å². The molecule has 4 aliphatic rings. The van der Waals surface area contributed by atoms with Gasteiger partial charge in [-0.3, -0.25) is 29.6 Å². The zero-order valence-electron chi connectivity index (χ0n) is 20.0. The largest absolute Gasteiger partial charge is 0.489 e. The Labute approximate surface area is 208 Å². The van der Waals surface area contributed by atoms with Crippen LogP contribution >= 0.6 is 0 Å². The van der Waals surface area contributed by atoms with Crippen LogP contribution in [0.5, 0.6) is 5.75 Å². The number of rotatable bonds is 5. The van der Waals surface area contributed by atoms with Gasteiger partial charge in [-0.2, -0.15) is 0 Å². The topological polar surface area (TPSA) is 91.8 Å². The zero-order chi connectivity index (χ0) is 24.8. The lowest BCUT2D eigenvalue weighted by Gasteiger charge is -2.48. The Morgan fingerprint density at radius 1 is 1.06 bits per heavy atom. The van der Waals surface area contributed by atoms with Gasteiger partial charge in [-0.25, -0.2) is 4.39 Å². The molecule has 3 fully saturated rings. The minimum atomic E-state index is -0.626. The lowest BCUT2D eigenvalue weighted by molar-refractivity contribution is -0.136. The number of imide groups is 1. The lowest BCUT2D eigenvalue weighted by atomic mass is 9.84. The number of carbonyl (C=O) groups excluding carboxylic acids is 3. The number of amides is 3. The fraction of sp³-hybridized carbons (Fsp3) is 0.481. The van der Waals surface area contributed by atoms with E-state index in [0.717, 1.165) is 55.6 Å². The average molecular weight is 493 g/mol. The molecule has 1 aliphatic carbocycles. The third-order valence-electron chi connectivity index (χ3n) is 8.07. The molecule has 9 heteroatoms. The number of ether oxygens (including phenoxy) is 1. The predicted octanol–water partition coefficient (Wildman–Crippen LogP) is 2.77. The molecule has 3 aliphatic heterocycles. The molecule has 8 nitrogen and oxygen atoms in total. The smallest absolute Gasteiger partial charge is 0.255 e. The molecule has 0 spiro atoms. The number of nitrogens with one attached hydrogen (secondary N) is 1. The Hall–Kier alpha value is -3.33. The molecule has 2 saturated heterocycles. The number of piperidine rings is 1. The van der Waals surface area contributed by atoms with Crippen molar-refractivity contribution in [3.63, 3.8) is 0 Å². The van der Waals surface area contributed by atoms with Crippen molar-refractivity contribution in [2.45, 2.75) is 69.2 Å². The van der Waals surface area contributed by atoms with E-state index in [2.05, 4.69) is 15.2 Å². The Morgan fingerprint density at radius 3 is 2.69 bits per heavy atom. The molecule has 1 aromatic carbocycles. The summed E-state index contributed by atoms with van der Waals surface area (Å²) in [5.41, 5.74) is 2.15. The molecule has 4 heterocycles. The highest BCUT2D eigenvalue weighted by Crippen LogP contribution is 2.37. The summed E-state index contributed by atoms with van der Waals surface area (Å²) in [7, 11) is 0. The normalized spacial score (nSPS) is 27.0. The Morgan fingerprint density at radius 2 is 1.89 bits per heavy atom. The molecule has 36 heavy (non-hydrogen) atoms. The average Bonchev–Trinajstić information content (AvgIpc) is 3.16. The number of likely N-dealkylation sites (tertiary alicyclic amines) is 1. The molecular formula is C27H29FN4O4. The van der Waals surface area contributed by atoms with E-state index in [4.69, 9.17) is 4.74 Å². The fourth-order valence-electron chi connectivity index (χ4n) is 6.13. The fourth-order valence-corrected chi connectivity index (χ4v) is 6.13. The molecule has 3 atom stereocenters. The highest BCUT2D eigenvalue weighted by Gasteiger charge is 2.41. The number of carbonyl (C=O) groups is 3. The number of halogens is 1. The van der Waals surface area contributed by atoms with Crippen molar-refractivity contribution < 1.29 is 23.5 Å². The maximum atomic E-state index is 14.1. The van der Waals surface area contributed by atoms with E-state index in [9.17, 15) is 18.8 Å². The van der Waals surface area contributed by atoms with Crippen molar-refractivity contribution in [3.05, 3.63) is 59.2 Å². The summed E-state index contributed by atoms with van der Waals surface area (Å²) in [5.74, 6) is -0.221. The third kappa shape index (κ3) is 4.15. The maximum absolute atomic E-state index is 14.1. The quantitative estimate of drug-likeness (QED) is 0.646. The van der Waals surface area contributed by atoms with Gasteiger partial charge < -0.3 is 9.64 Å². The van der Waals surface area contributed by atoms with Crippen molar-refractivity contribution >= 4 is 17.7 Å². The predicted molar refractivity (Wildman–Crippen MR) is 128 cm³/mol. The van der Waals surface area contributed by atoms with Crippen molar-refractivity contribution in [1.29, 1.82) is 0 Å². The van der Waals surface area contributed by atoms with Crippen LogP contribution in [0, 0.1) is 5.82 Å². The van der Waals surface area contributed by atoms with Crippen LogP contribution in [0.4, 0.5) is 4.39 Å². The minimum absolute atomic E-state index is 0.0309. The van der Waals surface area contributed by atoms with Crippen molar-refractivity contribution in [1.82, 2.24) is 20.1 Å². The Bertz CT molecular complexity index is 1210. The van der Waals surface area contributed by atoms with E-state index >= 15 is 0 Å². The minimum Gasteiger partial charge on any atom is -0.489 e. The molecule has 6 rings (SSSR count). The van der Waals surface area contributed by atoms with E-state index in [-0.39, 0.29) is 42.1 Å². The van der Waals surface area contributed by atoms with Crippen LogP contribution in [0.25, 0.3) is 0 Å². The van der Waals surface area contributed by atoms with E-state index in [1.54, 1.807) is 23.2 Å². The van der Waals surface area contributed by atoms with E-state index in [0.29, 0.717) is 18.5 Å². The number of hydrogen-bond donors (Lipinski definition) is 1. The highest BCUT2D eigenvalue weighted by atomic mass is 19.1. The second-order valence-electron chi connectivity index (χ2n) is 10.3. The Kier molecular flexibility index (Phi) is 5.95. The van der Waals surface area contributed by atoms with Crippen LogP contribution in [0.15, 0.2) is 36.7 Å². The number of fused-ring (bicyclic) bond motifs is 1. The van der Waals surface area contributed by atoms with Gasteiger partial charge in [-0.1, -0.05) is 6.42 Å². The second kappa shape index (κ2) is 9.28. The first-order valence-electron chi connectivity index (χ1n) is 12.8. The summed E-state index contributed by atoms with van der Waals surface area (Å²) in [5, 5.41) is 2.34. The third-order valence-corrected chi connectivity index (χ3v) is 8.07. The Balaban J connectivity index is 1.12. The number of pyridine rings is 1. The highest BCUT2D eigenvalue weighted by molar-refractivity contribution is 6.05. The second-order valence-corrected chi connectivity index (χ2v) is 10.3. The van der Waals surface area contributed by atoms with E-state index in [1.807, 2.05) is 12.1 Å².